The van der Waals surface area contributed by atoms with Crippen LogP contribution in [0.2, 0.25) is 0 Å². The van der Waals surface area contributed by atoms with Crippen molar-refractivity contribution in [1.82, 2.24) is 9.97 Å². The van der Waals surface area contributed by atoms with Gasteiger partial charge >= 0.3 is 0 Å². The fourth-order valence-electron chi connectivity index (χ4n) is 3.17. The number of oxazole rings is 1. The van der Waals surface area contributed by atoms with Gasteiger partial charge in [0.15, 0.2) is 11.7 Å². The summed E-state index contributed by atoms with van der Waals surface area (Å²) in [6.07, 6.45) is 7.27. The van der Waals surface area contributed by atoms with Crippen LogP contribution in [-0.4, -0.2) is 30.3 Å². The first-order valence-electron chi connectivity index (χ1n) is 8.47. The molecule has 1 aromatic carbocycles. The largest absolute Gasteiger partial charge is 0.496 e. The van der Waals surface area contributed by atoms with Crippen LogP contribution in [0.25, 0.3) is 22.5 Å². The van der Waals surface area contributed by atoms with Crippen LogP contribution in [0.15, 0.2) is 53.3 Å². The highest BCUT2D eigenvalue weighted by Gasteiger charge is 2.22. The fourth-order valence-corrected chi connectivity index (χ4v) is 3.17. The van der Waals surface area contributed by atoms with E-state index in [1.807, 2.05) is 24.3 Å². The van der Waals surface area contributed by atoms with Gasteiger partial charge in [0.2, 0.25) is 0 Å². The van der Waals surface area contributed by atoms with Crippen molar-refractivity contribution in [3.63, 3.8) is 0 Å². The zero-order valence-corrected chi connectivity index (χ0v) is 14.1. The van der Waals surface area contributed by atoms with Gasteiger partial charge in [0.1, 0.15) is 5.75 Å². The molecule has 0 saturated carbocycles. The van der Waals surface area contributed by atoms with Crippen molar-refractivity contribution in [2.24, 2.45) is 0 Å². The predicted molar refractivity (Wildman–Crippen MR) is 94.5 cm³/mol. The van der Waals surface area contributed by atoms with Gasteiger partial charge in [0.25, 0.3) is 0 Å². The van der Waals surface area contributed by atoms with E-state index in [1.54, 1.807) is 25.7 Å². The van der Waals surface area contributed by atoms with Crippen molar-refractivity contribution in [3.8, 4) is 28.2 Å². The lowest BCUT2D eigenvalue weighted by Gasteiger charge is -2.18. The molecule has 3 aromatic rings. The maximum Gasteiger partial charge on any atom is 0.198 e. The molecule has 1 fully saturated rings. The third-order valence-corrected chi connectivity index (χ3v) is 4.57. The second kappa shape index (κ2) is 7.07. The molecule has 0 spiro atoms. The summed E-state index contributed by atoms with van der Waals surface area (Å²) in [5.41, 5.74) is 3.09. The van der Waals surface area contributed by atoms with Crippen molar-refractivity contribution in [2.45, 2.75) is 18.8 Å². The molecule has 128 valence electrons. The van der Waals surface area contributed by atoms with Crippen LogP contribution in [0.3, 0.4) is 0 Å². The van der Waals surface area contributed by atoms with E-state index in [-0.39, 0.29) is 0 Å². The SMILES string of the molecule is COc1ccc(-c2ccncc2)cc1-c1cnc(C2CCOCC2)o1. The number of hydrogen-bond acceptors (Lipinski definition) is 5. The van der Waals surface area contributed by atoms with Crippen LogP contribution in [0.1, 0.15) is 24.7 Å². The second-order valence-corrected chi connectivity index (χ2v) is 6.10. The molecule has 1 saturated heterocycles. The number of rotatable bonds is 4. The van der Waals surface area contributed by atoms with Crippen LogP contribution in [-0.2, 0) is 4.74 Å². The molecule has 0 bridgehead atoms. The lowest BCUT2D eigenvalue weighted by Crippen LogP contribution is -2.14. The summed E-state index contributed by atoms with van der Waals surface area (Å²) in [7, 11) is 1.67. The molecular weight excluding hydrogens is 316 g/mol. The molecular formula is C20H20N2O3. The Hall–Kier alpha value is -2.66. The van der Waals surface area contributed by atoms with Gasteiger partial charge in [-0.1, -0.05) is 6.07 Å². The van der Waals surface area contributed by atoms with E-state index >= 15 is 0 Å². The van der Waals surface area contributed by atoms with Gasteiger partial charge in [0.05, 0.1) is 18.9 Å². The Kier molecular flexibility index (Phi) is 4.48. The number of hydrogen-bond donors (Lipinski definition) is 0. The fraction of sp³-hybridized carbons (Fsp3) is 0.300. The molecule has 0 aliphatic carbocycles. The van der Waals surface area contributed by atoms with Gasteiger partial charge in [0, 0.05) is 31.5 Å². The normalized spacial score (nSPS) is 15.2. The summed E-state index contributed by atoms with van der Waals surface area (Å²) in [5.74, 6) is 2.62. The Morgan fingerprint density at radius 1 is 1.04 bits per heavy atom. The summed E-state index contributed by atoms with van der Waals surface area (Å²) in [6, 6.07) is 10.0. The predicted octanol–water partition coefficient (Wildman–Crippen LogP) is 4.31. The topological polar surface area (TPSA) is 57.4 Å². The molecule has 1 aliphatic heterocycles. The lowest BCUT2D eigenvalue weighted by molar-refractivity contribution is 0.0796. The highest BCUT2D eigenvalue weighted by atomic mass is 16.5. The smallest absolute Gasteiger partial charge is 0.198 e. The molecule has 5 nitrogen and oxygen atoms in total. The van der Waals surface area contributed by atoms with E-state index in [9.17, 15) is 0 Å². The second-order valence-electron chi connectivity index (χ2n) is 6.10. The Bertz CT molecular complexity index is 839. The summed E-state index contributed by atoms with van der Waals surface area (Å²) in [6.45, 7) is 1.53. The monoisotopic (exact) mass is 336 g/mol. The Morgan fingerprint density at radius 3 is 2.60 bits per heavy atom. The molecule has 5 heteroatoms. The third-order valence-electron chi connectivity index (χ3n) is 4.57. The highest BCUT2D eigenvalue weighted by molar-refractivity contribution is 5.75. The molecule has 1 aliphatic rings. The number of nitrogens with zero attached hydrogens (tertiary/aromatic N) is 2. The first kappa shape index (κ1) is 15.8. The minimum absolute atomic E-state index is 0.330. The van der Waals surface area contributed by atoms with E-state index in [2.05, 4.69) is 16.0 Å². The number of methoxy groups -OCH3 is 1. The van der Waals surface area contributed by atoms with E-state index in [1.165, 1.54) is 0 Å². The van der Waals surface area contributed by atoms with Gasteiger partial charge in [-0.05, 0) is 48.2 Å². The molecule has 0 atom stereocenters. The van der Waals surface area contributed by atoms with Crippen molar-refractivity contribution < 1.29 is 13.9 Å². The van der Waals surface area contributed by atoms with Crippen molar-refractivity contribution in [2.75, 3.05) is 20.3 Å². The van der Waals surface area contributed by atoms with Crippen LogP contribution >= 0.6 is 0 Å². The van der Waals surface area contributed by atoms with Gasteiger partial charge in [-0.2, -0.15) is 0 Å². The van der Waals surface area contributed by atoms with E-state index in [0.29, 0.717) is 5.92 Å². The van der Waals surface area contributed by atoms with Crippen LogP contribution in [0.5, 0.6) is 5.75 Å². The molecule has 0 amide bonds. The molecule has 4 rings (SSSR count). The molecule has 2 aromatic heterocycles. The van der Waals surface area contributed by atoms with Gasteiger partial charge in [-0.3, -0.25) is 4.98 Å². The molecule has 3 heterocycles. The van der Waals surface area contributed by atoms with Gasteiger partial charge < -0.3 is 13.9 Å². The van der Waals surface area contributed by atoms with Crippen LogP contribution < -0.4 is 4.74 Å². The minimum Gasteiger partial charge on any atom is -0.496 e. The first-order valence-corrected chi connectivity index (χ1v) is 8.47. The summed E-state index contributed by atoms with van der Waals surface area (Å²) in [5, 5.41) is 0. The maximum absolute atomic E-state index is 6.08. The summed E-state index contributed by atoms with van der Waals surface area (Å²) >= 11 is 0. The molecule has 0 unspecified atom stereocenters. The first-order chi connectivity index (χ1) is 12.3. The minimum atomic E-state index is 0.330. The van der Waals surface area contributed by atoms with Crippen molar-refractivity contribution in [1.29, 1.82) is 0 Å². The van der Waals surface area contributed by atoms with Gasteiger partial charge in [-0.25, -0.2) is 4.98 Å². The van der Waals surface area contributed by atoms with E-state index in [4.69, 9.17) is 13.9 Å². The zero-order chi connectivity index (χ0) is 17.1. The van der Waals surface area contributed by atoms with Crippen molar-refractivity contribution >= 4 is 0 Å². The molecule has 0 radical (unpaired) electrons. The third kappa shape index (κ3) is 3.28. The number of pyridine rings is 1. The Balaban J connectivity index is 1.70. The van der Waals surface area contributed by atoms with E-state index in [0.717, 1.165) is 60.1 Å². The van der Waals surface area contributed by atoms with Crippen molar-refractivity contribution in [3.05, 3.63) is 54.8 Å². The lowest BCUT2D eigenvalue weighted by atomic mass is 10.0. The molecule has 25 heavy (non-hydrogen) atoms. The summed E-state index contributed by atoms with van der Waals surface area (Å²) < 4.78 is 17.0. The quantitative estimate of drug-likeness (QED) is 0.711. The zero-order valence-electron chi connectivity index (χ0n) is 14.1. The number of ether oxygens (including phenoxy) is 2. The summed E-state index contributed by atoms with van der Waals surface area (Å²) in [4.78, 5) is 8.58. The van der Waals surface area contributed by atoms with E-state index < -0.39 is 0 Å². The Labute approximate surface area is 146 Å². The highest BCUT2D eigenvalue weighted by Crippen LogP contribution is 2.36. The Morgan fingerprint density at radius 2 is 1.84 bits per heavy atom. The number of aromatic nitrogens is 2. The standard InChI is InChI=1S/C20H20N2O3/c1-23-18-3-2-16(14-4-8-21-9-5-14)12-17(18)19-13-22-20(25-19)15-6-10-24-11-7-15/h2-5,8-9,12-13,15H,6-7,10-11H2,1H3. The average molecular weight is 336 g/mol. The average Bonchev–Trinajstić information content (AvgIpc) is 3.19. The van der Waals surface area contributed by atoms with Crippen LogP contribution in [0, 0.1) is 0 Å². The maximum atomic E-state index is 6.08. The number of benzene rings is 1. The van der Waals surface area contributed by atoms with Crippen LogP contribution in [0.4, 0.5) is 0 Å². The molecule has 0 N–H and O–H groups in total. The van der Waals surface area contributed by atoms with Gasteiger partial charge in [-0.15, -0.1) is 0 Å².